The molecule has 1 saturated heterocycles. The van der Waals surface area contributed by atoms with Crippen molar-refractivity contribution in [2.45, 2.75) is 12.8 Å². The highest BCUT2D eigenvalue weighted by Crippen LogP contribution is 2.20. The van der Waals surface area contributed by atoms with Crippen LogP contribution in [0.1, 0.15) is 12.0 Å². The van der Waals surface area contributed by atoms with E-state index in [0.717, 1.165) is 50.5 Å². The number of piperazine rings is 1. The van der Waals surface area contributed by atoms with Gasteiger partial charge in [0, 0.05) is 44.6 Å². The SMILES string of the molecule is COc1ccc(N2CCN(CCCNC(=O)Cc3ccc(Cl)nc3)CC2)cc1. The van der Waals surface area contributed by atoms with Gasteiger partial charge < -0.3 is 15.0 Å². The highest BCUT2D eigenvalue weighted by atomic mass is 35.5. The molecule has 1 aromatic heterocycles. The average Bonchev–Trinajstić information content (AvgIpc) is 2.73. The summed E-state index contributed by atoms with van der Waals surface area (Å²) in [5.74, 6) is 0.908. The van der Waals surface area contributed by atoms with Crippen molar-refractivity contribution in [2.24, 2.45) is 0 Å². The van der Waals surface area contributed by atoms with Crippen LogP contribution in [0.4, 0.5) is 5.69 Å². The summed E-state index contributed by atoms with van der Waals surface area (Å²) in [5.41, 5.74) is 2.11. The first-order chi connectivity index (χ1) is 13.6. The van der Waals surface area contributed by atoms with Crippen LogP contribution in [0.25, 0.3) is 0 Å². The molecule has 1 N–H and O–H groups in total. The van der Waals surface area contributed by atoms with Crippen LogP contribution in [-0.2, 0) is 11.2 Å². The molecule has 1 fully saturated rings. The molecule has 28 heavy (non-hydrogen) atoms. The van der Waals surface area contributed by atoms with E-state index in [-0.39, 0.29) is 5.91 Å². The zero-order chi connectivity index (χ0) is 19.8. The summed E-state index contributed by atoms with van der Waals surface area (Å²) < 4.78 is 5.22. The molecule has 1 aromatic carbocycles. The topological polar surface area (TPSA) is 57.7 Å². The lowest BCUT2D eigenvalue weighted by Gasteiger charge is -2.36. The first kappa shape index (κ1) is 20.4. The Morgan fingerprint density at radius 1 is 1.14 bits per heavy atom. The van der Waals surface area contributed by atoms with Gasteiger partial charge in [-0.2, -0.15) is 0 Å². The zero-order valence-corrected chi connectivity index (χ0v) is 17.0. The largest absolute Gasteiger partial charge is 0.497 e. The smallest absolute Gasteiger partial charge is 0.224 e. The summed E-state index contributed by atoms with van der Waals surface area (Å²) in [7, 11) is 1.69. The van der Waals surface area contributed by atoms with Gasteiger partial charge in [-0.3, -0.25) is 9.69 Å². The van der Waals surface area contributed by atoms with Crippen LogP contribution in [0.3, 0.4) is 0 Å². The van der Waals surface area contributed by atoms with Crippen LogP contribution in [0.15, 0.2) is 42.6 Å². The third-order valence-corrected chi connectivity index (χ3v) is 5.16. The molecule has 3 rings (SSSR count). The Labute approximate surface area is 171 Å². The minimum atomic E-state index is 0.0217. The zero-order valence-electron chi connectivity index (χ0n) is 16.2. The van der Waals surface area contributed by atoms with Gasteiger partial charge in [-0.25, -0.2) is 4.98 Å². The summed E-state index contributed by atoms with van der Waals surface area (Å²) in [4.78, 5) is 20.8. The molecule has 2 heterocycles. The number of nitrogens with zero attached hydrogens (tertiary/aromatic N) is 3. The Balaban J connectivity index is 1.31. The maximum absolute atomic E-state index is 12.0. The molecule has 0 unspecified atom stereocenters. The van der Waals surface area contributed by atoms with E-state index >= 15 is 0 Å². The first-order valence-corrected chi connectivity index (χ1v) is 10.0. The number of amides is 1. The number of aromatic nitrogens is 1. The van der Waals surface area contributed by atoms with Gasteiger partial charge in [-0.15, -0.1) is 0 Å². The van der Waals surface area contributed by atoms with E-state index in [2.05, 4.69) is 32.2 Å². The summed E-state index contributed by atoms with van der Waals surface area (Å²) in [6, 6.07) is 11.8. The maximum Gasteiger partial charge on any atom is 0.224 e. The number of methoxy groups -OCH3 is 1. The second-order valence-corrected chi connectivity index (χ2v) is 7.28. The molecule has 0 bridgehead atoms. The van der Waals surface area contributed by atoms with Crippen LogP contribution in [0, 0.1) is 0 Å². The second-order valence-electron chi connectivity index (χ2n) is 6.90. The van der Waals surface area contributed by atoms with E-state index in [1.807, 2.05) is 18.2 Å². The predicted octanol–water partition coefficient (Wildman–Crippen LogP) is 2.61. The lowest BCUT2D eigenvalue weighted by molar-refractivity contribution is -0.120. The number of hydrogen-bond donors (Lipinski definition) is 1. The van der Waals surface area contributed by atoms with E-state index in [1.54, 1.807) is 19.4 Å². The van der Waals surface area contributed by atoms with E-state index in [0.29, 0.717) is 18.1 Å². The molecule has 1 amide bonds. The number of rotatable bonds is 8. The first-order valence-electron chi connectivity index (χ1n) is 9.62. The molecule has 0 saturated carbocycles. The molecule has 0 atom stereocenters. The van der Waals surface area contributed by atoms with E-state index in [4.69, 9.17) is 16.3 Å². The summed E-state index contributed by atoms with van der Waals surface area (Å²) in [6.45, 7) is 5.80. The van der Waals surface area contributed by atoms with Crippen molar-refractivity contribution < 1.29 is 9.53 Å². The van der Waals surface area contributed by atoms with Gasteiger partial charge in [0.15, 0.2) is 0 Å². The normalized spacial score (nSPS) is 14.7. The van der Waals surface area contributed by atoms with Crippen LogP contribution >= 0.6 is 11.6 Å². The highest BCUT2D eigenvalue weighted by Gasteiger charge is 2.16. The molecular formula is C21H27ClN4O2. The van der Waals surface area contributed by atoms with Gasteiger partial charge in [0.2, 0.25) is 5.91 Å². The molecule has 1 aliphatic rings. The predicted molar refractivity (Wildman–Crippen MR) is 112 cm³/mol. The number of benzene rings is 1. The van der Waals surface area contributed by atoms with Crippen molar-refractivity contribution >= 4 is 23.2 Å². The van der Waals surface area contributed by atoms with E-state index in [1.165, 1.54) is 5.69 Å². The quantitative estimate of drug-likeness (QED) is 0.543. The number of halogens is 1. The molecular weight excluding hydrogens is 376 g/mol. The van der Waals surface area contributed by atoms with Gasteiger partial charge in [0.25, 0.3) is 0 Å². The Bertz CT molecular complexity index is 744. The molecule has 0 spiro atoms. The number of nitrogens with one attached hydrogen (secondary N) is 1. The monoisotopic (exact) mass is 402 g/mol. The van der Waals surface area contributed by atoms with Gasteiger partial charge in [-0.1, -0.05) is 17.7 Å². The Hall–Kier alpha value is -2.31. The van der Waals surface area contributed by atoms with E-state index in [9.17, 15) is 4.79 Å². The standard InChI is InChI=1S/C21H27ClN4O2/c1-28-19-6-4-18(5-7-19)26-13-11-25(12-14-26)10-2-9-23-21(27)15-17-3-8-20(22)24-16-17/h3-8,16H,2,9-15H2,1H3,(H,23,27). The van der Waals surface area contributed by atoms with Crippen molar-refractivity contribution in [3.63, 3.8) is 0 Å². The van der Waals surface area contributed by atoms with Gasteiger partial charge in [0.05, 0.1) is 13.5 Å². The van der Waals surface area contributed by atoms with Gasteiger partial charge >= 0.3 is 0 Å². The van der Waals surface area contributed by atoms with E-state index < -0.39 is 0 Å². The average molecular weight is 403 g/mol. The molecule has 0 radical (unpaired) electrons. The number of pyridine rings is 1. The van der Waals surface area contributed by atoms with Crippen LogP contribution in [0.2, 0.25) is 5.15 Å². The van der Waals surface area contributed by atoms with Crippen LogP contribution in [0.5, 0.6) is 5.75 Å². The Morgan fingerprint density at radius 3 is 2.54 bits per heavy atom. The number of carbonyl (C=O) groups excluding carboxylic acids is 1. The number of anilines is 1. The third-order valence-electron chi connectivity index (χ3n) is 4.94. The van der Waals surface area contributed by atoms with Crippen molar-refractivity contribution in [1.29, 1.82) is 0 Å². The minimum absolute atomic E-state index is 0.0217. The third kappa shape index (κ3) is 6.11. The Kier molecular flexibility index (Phi) is 7.51. The fourth-order valence-corrected chi connectivity index (χ4v) is 3.42. The van der Waals surface area contributed by atoms with Gasteiger partial charge in [0.1, 0.15) is 10.9 Å². The fraction of sp³-hybridized carbons (Fsp3) is 0.429. The number of hydrogen-bond acceptors (Lipinski definition) is 5. The summed E-state index contributed by atoms with van der Waals surface area (Å²) in [5, 5.41) is 3.42. The molecule has 2 aromatic rings. The fourth-order valence-electron chi connectivity index (χ4n) is 3.31. The van der Waals surface area contributed by atoms with Crippen molar-refractivity contribution in [1.82, 2.24) is 15.2 Å². The minimum Gasteiger partial charge on any atom is -0.497 e. The van der Waals surface area contributed by atoms with Crippen LogP contribution in [-0.4, -0.2) is 62.2 Å². The summed E-state index contributed by atoms with van der Waals surface area (Å²) in [6.07, 6.45) is 2.93. The summed E-state index contributed by atoms with van der Waals surface area (Å²) >= 11 is 5.76. The second kappa shape index (κ2) is 10.3. The highest BCUT2D eigenvalue weighted by molar-refractivity contribution is 6.29. The number of carbonyl (C=O) groups is 1. The maximum atomic E-state index is 12.0. The van der Waals surface area contributed by atoms with Crippen molar-refractivity contribution in [2.75, 3.05) is 51.3 Å². The lowest BCUT2D eigenvalue weighted by atomic mass is 10.2. The van der Waals surface area contributed by atoms with Crippen molar-refractivity contribution in [3.8, 4) is 5.75 Å². The molecule has 1 aliphatic heterocycles. The van der Waals surface area contributed by atoms with Crippen LogP contribution < -0.4 is 15.0 Å². The number of ether oxygens (including phenoxy) is 1. The van der Waals surface area contributed by atoms with Gasteiger partial charge in [-0.05, 0) is 48.9 Å². The van der Waals surface area contributed by atoms with Crippen molar-refractivity contribution in [3.05, 3.63) is 53.3 Å². The molecule has 6 nitrogen and oxygen atoms in total. The molecule has 150 valence electrons. The Morgan fingerprint density at radius 2 is 1.89 bits per heavy atom. The lowest BCUT2D eigenvalue weighted by Crippen LogP contribution is -2.47. The molecule has 0 aliphatic carbocycles. The molecule has 7 heteroatoms.